The number of rotatable bonds is 6. The summed E-state index contributed by atoms with van der Waals surface area (Å²) in [6, 6.07) is 17.4. The van der Waals surface area contributed by atoms with Crippen LogP contribution in [0.15, 0.2) is 71.1 Å². The molecule has 0 saturated carbocycles. The van der Waals surface area contributed by atoms with Crippen LogP contribution in [0.1, 0.15) is 12.0 Å². The molecule has 0 bridgehead atoms. The molecule has 0 unspecified atom stereocenters. The molecule has 0 atom stereocenters. The predicted octanol–water partition coefficient (Wildman–Crippen LogP) is 3.97. The van der Waals surface area contributed by atoms with Gasteiger partial charge < -0.3 is 0 Å². The fourth-order valence-electron chi connectivity index (χ4n) is 3.02. The Kier molecular flexibility index (Phi) is 5.39. The van der Waals surface area contributed by atoms with E-state index in [0.717, 1.165) is 16.8 Å². The Morgan fingerprint density at radius 1 is 1.10 bits per heavy atom. The summed E-state index contributed by atoms with van der Waals surface area (Å²) in [5, 5.41) is 2.56. The highest BCUT2D eigenvalue weighted by Crippen LogP contribution is 2.30. The number of benzene rings is 2. The molecule has 0 spiro atoms. The molecule has 0 radical (unpaired) electrons. The Bertz CT molecular complexity index is 1200. The number of hydrazine groups is 1. The molecule has 2 aromatic heterocycles. The van der Waals surface area contributed by atoms with Gasteiger partial charge in [-0.2, -0.15) is 0 Å². The third-order valence-electron chi connectivity index (χ3n) is 4.62. The highest BCUT2D eigenvalue weighted by molar-refractivity contribution is 7.17. The van der Waals surface area contributed by atoms with Crippen molar-refractivity contribution in [1.29, 1.82) is 0 Å². The fraction of sp³-hybridized carbons (Fsp3) is 0.136. The van der Waals surface area contributed by atoms with Crippen molar-refractivity contribution in [2.75, 3.05) is 5.43 Å². The zero-order chi connectivity index (χ0) is 20.2. The smallest absolute Gasteiger partial charge is 0.262 e. The Morgan fingerprint density at radius 2 is 1.86 bits per heavy atom. The first-order valence-corrected chi connectivity index (χ1v) is 10.1. The molecular formula is C22H20N4O2S. The Labute approximate surface area is 171 Å². The molecule has 2 heterocycles. The quantitative estimate of drug-likeness (QED) is 0.477. The van der Waals surface area contributed by atoms with Gasteiger partial charge in [0, 0.05) is 23.9 Å². The average Bonchev–Trinajstić information content (AvgIpc) is 3.18. The van der Waals surface area contributed by atoms with Gasteiger partial charge in [0.05, 0.1) is 17.4 Å². The first-order valence-electron chi connectivity index (χ1n) is 9.25. The van der Waals surface area contributed by atoms with E-state index in [2.05, 4.69) is 15.8 Å². The minimum atomic E-state index is -0.204. The molecule has 0 saturated heterocycles. The van der Waals surface area contributed by atoms with Gasteiger partial charge in [-0.05, 0) is 24.6 Å². The van der Waals surface area contributed by atoms with Crippen LogP contribution < -0.4 is 16.4 Å². The lowest BCUT2D eigenvalue weighted by Crippen LogP contribution is -2.31. The van der Waals surface area contributed by atoms with Crippen LogP contribution in [0.2, 0.25) is 0 Å². The summed E-state index contributed by atoms with van der Waals surface area (Å²) in [6.45, 7) is 2.29. The van der Waals surface area contributed by atoms with Gasteiger partial charge in [0.25, 0.3) is 5.56 Å². The van der Waals surface area contributed by atoms with Crippen LogP contribution in [0.5, 0.6) is 0 Å². The van der Waals surface area contributed by atoms with Gasteiger partial charge in [-0.25, -0.2) is 4.98 Å². The number of carbonyl (C=O) groups excluding carboxylic acids is 1. The maximum absolute atomic E-state index is 13.0. The third kappa shape index (κ3) is 4.20. The summed E-state index contributed by atoms with van der Waals surface area (Å²) in [5.74, 6) is -0.204. The Morgan fingerprint density at radius 3 is 2.62 bits per heavy atom. The minimum absolute atomic E-state index is 0.129. The van der Waals surface area contributed by atoms with Crippen molar-refractivity contribution >= 4 is 33.1 Å². The highest BCUT2D eigenvalue weighted by atomic mass is 32.1. The van der Waals surface area contributed by atoms with E-state index in [1.54, 1.807) is 0 Å². The van der Waals surface area contributed by atoms with E-state index in [-0.39, 0.29) is 24.4 Å². The summed E-state index contributed by atoms with van der Waals surface area (Å²) in [4.78, 5) is 30.3. The van der Waals surface area contributed by atoms with Gasteiger partial charge in [-0.15, -0.1) is 11.3 Å². The third-order valence-corrected chi connectivity index (χ3v) is 5.51. The normalized spacial score (nSPS) is 10.8. The molecule has 1 amide bonds. The number of amides is 1. The molecule has 6 nitrogen and oxygen atoms in total. The van der Waals surface area contributed by atoms with E-state index in [1.807, 2.05) is 66.9 Å². The number of aryl methyl sites for hydroxylation is 2. The van der Waals surface area contributed by atoms with Crippen LogP contribution in [0, 0.1) is 6.92 Å². The second-order valence-electron chi connectivity index (χ2n) is 6.73. The number of para-hydroxylation sites is 1. The second-order valence-corrected chi connectivity index (χ2v) is 7.59. The summed E-state index contributed by atoms with van der Waals surface area (Å²) in [5.41, 5.74) is 9.20. The number of thiophene rings is 1. The number of nitrogens with one attached hydrogen (secondary N) is 2. The van der Waals surface area contributed by atoms with Crippen molar-refractivity contribution in [1.82, 2.24) is 15.0 Å². The number of hydrogen-bond donors (Lipinski definition) is 2. The topological polar surface area (TPSA) is 76.0 Å². The van der Waals surface area contributed by atoms with Gasteiger partial charge in [-0.3, -0.25) is 25.0 Å². The van der Waals surface area contributed by atoms with Gasteiger partial charge in [-0.1, -0.05) is 48.0 Å². The fourth-order valence-corrected chi connectivity index (χ4v) is 3.93. The van der Waals surface area contributed by atoms with E-state index in [9.17, 15) is 9.59 Å². The van der Waals surface area contributed by atoms with Crippen LogP contribution in [0.3, 0.4) is 0 Å². The van der Waals surface area contributed by atoms with Gasteiger partial charge >= 0.3 is 0 Å². The van der Waals surface area contributed by atoms with Crippen LogP contribution in [-0.4, -0.2) is 15.5 Å². The van der Waals surface area contributed by atoms with Crippen molar-refractivity contribution in [2.45, 2.75) is 19.9 Å². The summed E-state index contributed by atoms with van der Waals surface area (Å²) >= 11 is 1.45. The molecule has 7 heteroatoms. The van der Waals surface area contributed by atoms with Crippen LogP contribution in [-0.2, 0) is 11.3 Å². The van der Waals surface area contributed by atoms with E-state index < -0.39 is 0 Å². The summed E-state index contributed by atoms with van der Waals surface area (Å²) < 4.78 is 1.49. The van der Waals surface area contributed by atoms with Crippen LogP contribution in [0.4, 0.5) is 5.69 Å². The van der Waals surface area contributed by atoms with E-state index in [0.29, 0.717) is 10.2 Å². The number of carbonyl (C=O) groups is 1. The number of aromatic nitrogens is 2. The van der Waals surface area contributed by atoms with Gasteiger partial charge in [0.1, 0.15) is 4.83 Å². The number of anilines is 1. The second kappa shape index (κ2) is 8.28. The first kappa shape index (κ1) is 18.9. The average molecular weight is 404 g/mol. The molecule has 4 rings (SSSR count). The maximum Gasteiger partial charge on any atom is 0.262 e. The zero-order valence-corrected chi connectivity index (χ0v) is 16.7. The van der Waals surface area contributed by atoms with Crippen LogP contribution >= 0.6 is 11.3 Å². The molecule has 0 aliphatic carbocycles. The van der Waals surface area contributed by atoms with Crippen LogP contribution in [0.25, 0.3) is 21.3 Å². The molecule has 0 fully saturated rings. The number of nitrogens with zero attached hydrogens (tertiary/aromatic N) is 2. The molecular weight excluding hydrogens is 384 g/mol. The lowest BCUT2D eigenvalue weighted by atomic mass is 10.1. The summed E-state index contributed by atoms with van der Waals surface area (Å²) in [6.07, 6.45) is 1.68. The maximum atomic E-state index is 13.0. The molecule has 0 aliphatic heterocycles. The molecule has 146 valence electrons. The minimum Gasteiger partial charge on any atom is -0.299 e. The number of hydrogen-bond acceptors (Lipinski definition) is 5. The van der Waals surface area contributed by atoms with Crippen molar-refractivity contribution in [3.8, 4) is 11.1 Å². The standard InChI is InChI=1S/C22H20N4O2S/c1-15-7-9-16(10-8-15)18-13-29-21-20(18)22(28)26(14-23-21)12-11-19(27)25-24-17-5-3-2-4-6-17/h2-10,13-14,24H,11-12H2,1H3,(H,25,27). The number of fused-ring (bicyclic) bond motifs is 1. The monoisotopic (exact) mass is 404 g/mol. The molecule has 2 N–H and O–H groups in total. The highest BCUT2D eigenvalue weighted by Gasteiger charge is 2.14. The molecule has 2 aromatic carbocycles. The van der Waals surface area contributed by atoms with Crippen molar-refractivity contribution in [3.63, 3.8) is 0 Å². The molecule has 4 aromatic rings. The van der Waals surface area contributed by atoms with E-state index >= 15 is 0 Å². The Hall–Kier alpha value is -3.45. The lowest BCUT2D eigenvalue weighted by Gasteiger charge is -2.09. The molecule has 29 heavy (non-hydrogen) atoms. The molecule has 0 aliphatic rings. The van der Waals surface area contributed by atoms with E-state index in [4.69, 9.17) is 0 Å². The lowest BCUT2D eigenvalue weighted by molar-refractivity contribution is -0.120. The zero-order valence-electron chi connectivity index (χ0n) is 15.9. The van der Waals surface area contributed by atoms with Crippen molar-refractivity contribution in [3.05, 3.63) is 82.2 Å². The van der Waals surface area contributed by atoms with Crippen molar-refractivity contribution < 1.29 is 4.79 Å². The van der Waals surface area contributed by atoms with E-state index in [1.165, 1.54) is 27.8 Å². The van der Waals surface area contributed by atoms with Crippen molar-refractivity contribution in [2.24, 2.45) is 0 Å². The first-order chi connectivity index (χ1) is 14.1. The summed E-state index contributed by atoms with van der Waals surface area (Å²) in [7, 11) is 0. The van der Waals surface area contributed by atoms with Gasteiger partial charge in [0.2, 0.25) is 5.91 Å². The SMILES string of the molecule is Cc1ccc(-c2csc3ncn(CCC(=O)NNc4ccccc4)c(=O)c23)cc1. The Balaban J connectivity index is 1.50. The largest absolute Gasteiger partial charge is 0.299 e. The van der Waals surface area contributed by atoms with Gasteiger partial charge in [0.15, 0.2) is 0 Å². The predicted molar refractivity (Wildman–Crippen MR) is 117 cm³/mol.